The molecule has 0 aromatic heterocycles. The number of methoxy groups -OCH3 is 1. The molecular formula is C7H10O3. The van der Waals surface area contributed by atoms with E-state index in [9.17, 15) is 0 Å². The predicted octanol–water partition coefficient (Wildman–Crippen LogP) is 1.34. The van der Waals surface area contributed by atoms with Crippen LogP contribution in [-0.4, -0.2) is 18.8 Å². The quantitative estimate of drug-likeness (QED) is 0.600. The number of allylic oxidation sites excluding steroid dienone is 1. The molecule has 1 aliphatic rings. The van der Waals surface area contributed by atoms with E-state index >= 15 is 0 Å². The SMILES string of the molecule is COC1=C(O)COC=C1C. The van der Waals surface area contributed by atoms with Crippen molar-refractivity contribution in [3.05, 3.63) is 23.4 Å². The minimum Gasteiger partial charge on any atom is -0.506 e. The van der Waals surface area contributed by atoms with Gasteiger partial charge < -0.3 is 14.6 Å². The number of rotatable bonds is 1. The van der Waals surface area contributed by atoms with Gasteiger partial charge in [0.1, 0.15) is 6.61 Å². The second-order valence-corrected chi connectivity index (χ2v) is 2.09. The minimum absolute atomic E-state index is 0.155. The van der Waals surface area contributed by atoms with Crippen LogP contribution in [0.4, 0.5) is 0 Å². The van der Waals surface area contributed by atoms with Gasteiger partial charge in [0.2, 0.25) is 0 Å². The Morgan fingerprint density at radius 2 is 2.40 bits per heavy atom. The van der Waals surface area contributed by atoms with Crippen LogP contribution in [0, 0.1) is 0 Å². The Morgan fingerprint density at radius 3 is 2.80 bits per heavy atom. The second-order valence-electron chi connectivity index (χ2n) is 2.09. The highest BCUT2D eigenvalue weighted by Gasteiger charge is 2.12. The van der Waals surface area contributed by atoms with Crippen molar-refractivity contribution in [2.45, 2.75) is 6.92 Å². The number of hydrogen-bond acceptors (Lipinski definition) is 3. The smallest absolute Gasteiger partial charge is 0.173 e. The van der Waals surface area contributed by atoms with Gasteiger partial charge in [-0.1, -0.05) is 0 Å². The van der Waals surface area contributed by atoms with E-state index in [2.05, 4.69) is 0 Å². The molecule has 0 radical (unpaired) electrons. The standard InChI is InChI=1S/C7H10O3/c1-5-3-10-4-6(8)7(5)9-2/h3,8H,4H2,1-2H3. The molecular weight excluding hydrogens is 132 g/mol. The van der Waals surface area contributed by atoms with E-state index in [0.717, 1.165) is 5.57 Å². The Balaban J connectivity index is 2.87. The van der Waals surface area contributed by atoms with Crippen molar-refractivity contribution in [2.24, 2.45) is 0 Å². The largest absolute Gasteiger partial charge is 0.506 e. The third-order valence-electron chi connectivity index (χ3n) is 1.30. The summed E-state index contributed by atoms with van der Waals surface area (Å²) in [5.74, 6) is 0.675. The molecule has 1 rings (SSSR count). The predicted molar refractivity (Wildman–Crippen MR) is 36.4 cm³/mol. The highest BCUT2D eigenvalue weighted by atomic mass is 16.5. The molecule has 0 aromatic carbocycles. The second kappa shape index (κ2) is 2.64. The van der Waals surface area contributed by atoms with Gasteiger partial charge in [-0.2, -0.15) is 0 Å². The summed E-state index contributed by atoms with van der Waals surface area (Å²) in [5, 5.41) is 9.13. The molecule has 0 bridgehead atoms. The van der Waals surface area contributed by atoms with Gasteiger partial charge in [0.25, 0.3) is 0 Å². The van der Waals surface area contributed by atoms with E-state index in [1.54, 1.807) is 6.26 Å². The highest BCUT2D eigenvalue weighted by Crippen LogP contribution is 2.18. The topological polar surface area (TPSA) is 38.7 Å². The summed E-state index contributed by atoms with van der Waals surface area (Å²) in [6.45, 7) is 2.02. The normalized spacial score (nSPS) is 18.0. The molecule has 0 aliphatic carbocycles. The van der Waals surface area contributed by atoms with Crippen LogP contribution in [-0.2, 0) is 9.47 Å². The van der Waals surface area contributed by atoms with Crippen LogP contribution in [0.25, 0.3) is 0 Å². The molecule has 56 valence electrons. The highest BCUT2D eigenvalue weighted by molar-refractivity contribution is 5.27. The van der Waals surface area contributed by atoms with Crippen LogP contribution in [0.15, 0.2) is 23.4 Å². The van der Waals surface area contributed by atoms with Crippen LogP contribution in [0.5, 0.6) is 0 Å². The van der Waals surface area contributed by atoms with Gasteiger partial charge in [0, 0.05) is 5.57 Å². The Bertz CT molecular complexity index is 191. The Morgan fingerprint density at radius 1 is 1.70 bits per heavy atom. The summed E-state index contributed by atoms with van der Waals surface area (Å²) in [7, 11) is 1.52. The van der Waals surface area contributed by atoms with Gasteiger partial charge in [-0.15, -0.1) is 0 Å². The molecule has 0 aromatic rings. The summed E-state index contributed by atoms with van der Waals surface area (Å²) in [5.41, 5.74) is 0.811. The Hall–Kier alpha value is -1.12. The van der Waals surface area contributed by atoms with Crippen LogP contribution >= 0.6 is 0 Å². The number of hydrogen-bond donors (Lipinski definition) is 1. The van der Waals surface area contributed by atoms with E-state index < -0.39 is 0 Å². The maximum Gasteiger partial charge on any atom is 0.173 e. The monoisotopic (exact) mass is 142 g/mol. The van der Waals surface area contributed by atoms with Gasteiger partial charge in [0.15, 0.2) is 11.5 Å². The van der Waals surface area contributed by atoms with E-state index in [1.165, 1.54) is 7.11 Å². The molecule has 3 nitrogen and oxygen atoms in total. The van der Waals surface area contributed by atoms with E-state index in [-0.39, 0.29) is 12.4 Å². The molecule has 0 saturated heterocycles. The lowest BCUT2D eigenvalue weighted by atomic mass is 10.2. The number of ether oxygens (including phenoxy) is 2. The molecule has 1 aliphatic heterocycles. The fraction of sp³-hybridized carbons (Fsp3) is 0.429. The van der Waals surface area contributed by atoms with Crippen LogP contribution in [0.3, 0.4) is 0 Å². The summed E-state index contributed by atoms with van der Waals surface area (Å²) in [6, 6.07) is 0. The molecule has 0 spiro atoms. The molecule has 1 N–H and O–H groups in total. The number of aliphatic hydroxyl groups excluding tert-OH is 1. The van der Waals surface area contributed by atoms with E-state index in [1.807, 2.05) is 6.92 Å². The molecule has 3 heteroatoms. The summed E-state index contributed by atoms with van der Waals surface area (Å²) in [6.07, 6.45) is 1.57. The fourth-order valence-corrected chi connectivity index (χ4v) is 0.871. The number of aliphatic hydroxyl groups is 1. The van der Waals surface area contributed by atoms with Crippen molar-refractivity contribution in [3.63, 3.8) is 0 Å². The Kier molecular flexibility index (Phi) is 1.85. The van der Waals surface area contributed by atoms with Crippen LogP contribution in [0.1, 0.15) is 6.92 Å². The van der Waals surface area contributed by atoms with Crippen molar-refractivity contribution in [1.82, 2.24) is 0 Å². The van der Waals surface area contributed by atoms with Crippen molar-refractivity contribution in [1.29, 1.82) is 0 Å². The zero-order valence-electron chi connectivity index (χ0n) is 6.05. The molecule has 10 heavy (non-hydrogen) atoms. The summed E-state index contributed by atoms with van der Waals surface area (Å²) < 4.78 is 9.77. The lowest BCUT2D eigenvalue weighted by Crippen LogP contribution is -2.06. The van der Waals surface area contributed by atoms with Gasteiger partial charge in [0.05, 0.1) is 13.4 Å². The maximum atomic E-state index is 9.13. The first kappa shape index (κ1) is 6.99. The molecule has 0 saturated carbocycles. The first-order valence-electron chi connectivity index (χ1n) is 3.00. The van der Waals surface area contributed by atoms with Crippen molar-refractivity contribution >= 4 is 0 Å². The zero-order chi connectivity index (χ0) is 7.56. The van der Waals surface area contributed by atoms with Gasteiger partial charge in [-0.05, 0) is 6.92 Å². The van der Waals surface area contributed by atoms with Crippen LogP contribution in [0.2, 0.25) is 0 Å². The summed E-state index contributed by atoms with van der Waals surface area (Å²) >= 11 is 0. The lowest BCUT2D eigenvalue weighted by molar-refractivity contribution is 0.174. The van der Waals surface area contributed by atoms with Gasteiger partial charge in [-0.25, -0.2) is 0 Å². The van der Waals surface area contributed by atoms with Crippen molar-refractivity contribution < 1.29 is 14.6 Å². The minimum atomic E-state index is 0.155. The van der Waals surface area contributed by atoms with Gasteiger partial charge >= 0.3 is 0 Å². The first-order valence-corrected chi connectivity index (χ1v) is 3.00. The fourth-order valence-electron chi connectivity index (χ4n) is 0.871. The molecule has 1 heterocycles. The third kappa shape index (κ3) is 1.07. The lowest BCUT2D eigenvalue weighted by Gasteiger charge is -2.14. The molecule has 0 atom stereocenters. The van der Waals surface area contributed by atoms with E-state index in [4.69, 9.17) is 14.6 Å². The molecule has 0 amide bonds. The Labute approximate surface area is 59.6 Å². The maximum absolute atomic E-state index is 9.13. The van der Waals surface area contributed by atoms with E-state index in [0.29, 0.717) is 5.76 Å². The zero-order valence-corrected chi connectivity index (χ0v) is 6.05. The first-order chi connectivity index (χ1) is 4.75. The average molecular weight is 142 g/mol. The molecule has 0 unspecified atom stereocenters. The average Bonchev–Trinajstić information content (AvgIpc) is 1.88. The molecule has 0 fully saturated rings. The third-order valence-corrected chi connectivity index (χ3v) is 1.30. The van der Waals surface area contributed by atoms with Crippen LogP contribution < -0.4 is 0 Å². The van der Waals surface area contributed by atoms with Crippen molar-refractivity contribution in [3.8, 4) is 0 Å². The van der Waals surface area contributed by atoms with Crippen molar-refractivity contribution in [2.75, 3.05) is 13.7 Å². The van der Waals surface area contributed by atoms with Gasteiger partial charge in [-0.3, -0.25) is 0 Å². The summed E-state index contributed by atoms with van der Waals surface area (Å²) in [4.78, 5) is 0.